The topological polar surface area (TPSA) is 37.8 Å². The minimum Gasteiger partial charge on any atom is -0.300 e. The number of hydrogen-bond acceptors (Lipinski definition) is 1. The van der Waals surface area contributed by atoms with E-state index in [9.17, 15) is 4.79 Å². The fourth-order valence-electron chi connectivity index (χ4n) is 1.74. The minimum absolute atomic E-state index is 0.0661. The molecular weight excluding hydrogens is 188 g/mol. The second-order valence-corrected chi connectivity index (χ2v) is 3.74. The van der Waals surface area contributed by atoms with E-state index in [-0.39, 0.29) is 5.56 Å². The first kappa shape index (κ1) is 9.77. The molecule has 0 unspecified atom stereocenters. The van der Waals surface area contributed by atoms with Gasteiger partial charge in [0.2, 0.25) is 0 Å². The maximum Gasteiger partial charge on any atom is 0.269 e. The van der Waals surface area contributed by atoms with Gasteiger partial charge in [-0.1, -0.05) is 30.3 Å². The van der Waals surface area contributed by atoms with Crippen LogP contribution in [0.1, 0.15) is 16.8 Å². The van der Waals surface area contributed by atoms with Crippen molar-refractivity contribution in [1.29, 1.82) is 0 Å². The Morgan fingerprint density at radius 2 is 1.93 bits per heavy atom. The summed E-state index contributed by atoms with van der Waals surface area (Å²) in [5.41, 5.74) is 3.03. The summed E-state index contributed by atoms with van der Waals surface area (Å²) in [5, 5.41) is 3.00. The van der Waals surface area contributed by atoms with Crippen molar-refractivity contribution in [3.8, 4) is 0 Å². The number of H-pyrrole nitrogens is 1. The largest absolute Gasteiger partial charge is 0.300 e. The molecule has 0 saturated carbocycles. The summed E-state index contributed by atoms with van der Waals surface area (Å²) in [6, 6.07) is 10.0. The van der Waals surface area contributed by atoms with Gasteiger partial charge in [0.05, 0.1) is 0 Å². The van der Waals surface area contributed by atoms with E-state index in [4.69, 9.17) is 0 Å². The fourth-order valence-corrected chi connectivity index (χ4v) is 1.74. The molecule has 0 fully saturated rings. The lowest BCUT2D eigenvalue weighted by Crippen LogP contribution is -2.15. The summed E-state index contributed by atoms with van der Waals surface area (Å²) in [7, 11) is 1.74. The van der Waals surface area contributed by atoms with Crippen molar-refractivity contribution in [3.05, 3.63) is 57.5 Å². The summed E-state index contributed by atoms with van der Waals surface area (Å²) >= 11 is 0. The molecular formula is C12H14N2O. The van der Waals surface area contributed by atoms with E-state index >= 15 is 0 Å². The highest BCUT2D eigenvalue weighted by Gasteiger charge is 2.08. The average molecular weight is 202 g/mol. The van der Waals surface area contributed by atoms with E-state index in [1.54, 1.807) is 7.05 Å². The molecule has 3 heteroatoms. The summed E-state index contributed by atoms with van der Waals surface area (Å²) in [6.07, 6.45) is 0.697. The Kier molecular flexibility index (Phi) is 2.46. The Morgan fingerprint density at radius 3 is 2.47 bits per heavy atom. The van der Waals surface area contributed by atoms with E-state index in [0.29, 0.717) is 6.42 Å². The van der Waals surface area contributed by atoms with E-state index in [1.807, 2.05) is 37.3 Å². The summed E-state index contributed by atoms with van der Waals surface area (Å²) in [5.74, 6) is 0. The summed E-state index contributed by atoms with van der Waals surface area (Å²) in [4.78, 5) is 11.7. The molecule has 15 heavy (non-hydrogen) atoms. The Bertz CT molecular complexity index is 508. The monoisotopic (exact) mass is 202 g/mol. The predicted molar refractivity (Wildman–Crippen MR) is 60.0 cm³/mol. The van der Waals surface area contributed by atoms with Crippen LogP contribution in [0.4, 0.5) is 0 Å². The average Bonchev–Trinajstić information content (AvgIpc) is 2.47. The van der Waals surface area contributed by atoms with Gasteiger partial charge in [-0.15, -0.1) is 0 Å². The van der Waals surface area contributed by atoms with Gasteiger partial charge in [-0.25, -0.2) is 0 Å². The molecule has 0 aliphatic heterocycles. The van der Waals surface area contributed by atoms with Gasteiger partial charge in [0.15, 0.2) is 0 Å². The van der Waals surface area contributed by atoms with Crippen molar-refractivity contribution in [2.45, 2.75) is 13.3 Å². The van der Waals surface area contributed by atoms with Crippen molar-refractivity contribution < 1.29 is 0 Å². The van der Waals surface area contributed by atoms with Crippen LogP contribution in [0.5, 0.6) is 0 Å². The molecule has 0 spiro atoms. The maximum absolute atomic E-state index is 11.7. The number of hydrogen-bond donors (Lipinski definition) is 1. The van der Waals surface area contributed by atoms with E-state index in [0.717, 1.165) is 16.8 Å². The molecule has 0 aliphatic carbocycles. The lowest BCUT2D eigenvalue weighted by atomic mass is 10.1. The number of nitrogens with zero attached hydrogens (tertiary/aromatic N) is 1. The Balaban J connectivity index is 2.37. The van der Waals surface area contributed by atoms with Crippen LogP contribution in [-0.4, -0.2) is 9.78 Å². The van der Waals surface area contributed by atoms with E-state index < -0.39 is 0 Å². The molecule has 2 aromatic rings. The van der Waals surface area contributed by atoms with Gasteiger partial charge in [-0.3, -0.25) is 14.6 Å². The molecule has 1 heterocycles. The second kappa shape index (κ2) is 3.77. The number of rotatable bonds is 2. The molecule has 1 N–H and O–H groups in total. The van der Waals surface area contributed by atoms with Crippen LogP contribution in [0.25, 0.3) is 0 Å². The predicted octanol–water partition coefficient (Wildman–Crippen LogP) is 1.61. The molecule has 0 atom stereocenters. The Morgan fingerprint density at radius 1 is 1.27 bits per heavy atom. The smallest absolute Gasteiger partial charge is 0.269 e. The molecule has 2 rings (SSSR count). The highest BCUT2D eigenvalue weighted by molar-refractivity contribution is 5.26. The van der Waals surface area contributed by atoms with Gasteiger partial charge in [-0.2, -0.15) is 0 Å². The second-order valence-electron chi connectivity index (χ2n) is 3.74. The van der Waals surface area contributed by atoms with Crippen LogP contribution in [-0.2, 0) is 13.5 Å². The molecule has 3 nitrogen and oxygen atoms in total. The van der Waals surface area contributed by atoms with Crippen LogP contribution < -0.4 is 5.56 Å². The zero-order valence-electron chi connectivity index (χ0n) is 8.95. The number of aromatic nitrogens is 2. The first-order valence-electron chi connectivity index (χ1n) is 4.97. The number of aryl methyl sites for hydroxylation is 2. The molecule has 1 aromatic heterocycles. The fraction of sp³-hybridized carbons (Fsp3) is 0.250. The van der Waals surface area contributed by atoms with Gasteiger partial charge in [0, 0.05) is 24.7 Å². The van der Waals surface area contributed by atoms with Crippen molar-refractivity contribution in [1.82, 2.24) is 9.78 Å². The maximum atomic E-state index is 11.7. The van der Waals surface area contributed by atoms with Gasteiger partial charge in [-0.05, 0) is 12.5 Å². The molecule has 78 valence electrons. The SMILES string of the molecule is Cc1[nH]n(C)c(=O)c1Cc1ccccc1. The third kappa shape index (κ3) is 1.86. The Hall–Kier alpha value is -1.77. The van der Waals surface area contributed by atoms with Crippen molar-refractivity contribution >= 4 is 0 Å². The molecule has 0 amide bonds. The van der Waals surface area contributed by atoms with Crippen LogP contribution in [0.15, 0.2) is 35.1 Å². The van der Waals surface area contributed by atoms with Gasteiger partial charge < -0.3 is 0 Å². The van der Waals surface area contributed by atoms with Crippen molar-refractivity contribution in [3.63, 3.8) is 0 Å². The van der Waals surface area contributed by atoms with E-state index in [2.05, 4.69) is 5.10 Å². The zero-order valence-corrected chi connectivity index (χ0v) is 8.95. The third-order valence-electron chi connectivity index (χ3n) is 2.57. The van der Waals surface area contributed by atoms with Crippen LogP contribution in [0.2, 0.25) is 0 Å². The van der Waals surface area contributed by atoms with Crippen molar-refractivity contribution in [2.24, 2.45) is 7.05 Å². The van der Waals surface area contributed by atoms with E-state index in [1.165, 1.54) is 4.68 Å². The highest BCUT2D eigenvalue weighted by Crippen LogP contribution is 2.07. The molecule has 0 radical (unpaired) electrons. The Labute approximate surface area is 88.4 Å². The first-order chi connectivity index (χ1) is 7.18. The number of benzene rings is 1. The lowest BCUT2D eigenvalue weighted by Gasteiger charge is -1.97. The summed E-state index contributed by atoms with van der Waals surface area (Å²) in [6.45, 7) is 1.93. The minimum atomic E-state index is 0.0661. The molecule has 1 aromatic carbocycles. The quantitative estimate of drug-likeness (QED) is 0.789. The third-order valence-corrected chi connectivity index (χ3v) is 2.57. The zero-order chi connectivity index (χ0) is 10.8. The summed E-state index contributed by atoms with van der Waals surface area (Å²) < 4.78 is 1.52. The van der Waals surface area contributed by atoms with Gasteiger partial charge in [0.1, 0.15) is 0 Å². The molecule has 0 saturated heterocycles. The highest BCUT2D eigenvalue weighted by atomic mass is 16.1. The first-order valence-corrected chi connectivity index (χ1v) is 4.97. The van der Waals surface area contributed by atoms with Crippen LogP contribution in [0.3, 0.4) is 0 Å². The molecule has 0 aliphatic rings. The van der Waals surface area contributed by atoms with Gasteiger partial charge in [0.25, 0.3) is 5.56 Å². The lowest BCUT2D eigenvalue weighted by molar-refractivity contribution is 0.730. The molecule has 0 bridgehead atoms. The van der Waals surface area contributed by atoms with Gasteiger partial charge >= 0.3 is 0 Å². The van der Waals surface area contributed by atoms with Crippen LogP contribution in [0, 0.1) is 6.92 Å². The van der Waals surface area contributed by atoms with Crippen LogP contribution >= 0.6 is 0 Å². The van der Waals surface area contributed by atoms with Crippen molar-refractivity contribution in [2.75, 3.05) is 0 Å². The number of nitrogens with one attached hydrogen (secondary N) is 1. The number of aromatic amines is 1. The normalized spacial score (nSPS) is 10.5. The standard InChI is InChI=1S/C12H14N2O/c1-9-11(12(15)14(2)13-9)8-10-6-4-3-5-7-10/h3-7,13H,8H2,1-2H3.